The Kier molecular flexibility index (Phi) is 3.24. The molecule has 0 fully saturated rings. The molecule has 0 aliphatic heterocycles. The number of rotatable bonds is 3. The van der Waals surface area contributed by atoms with E-state index in [1.165, 1.54) is 0 Å². The van der Waals surface area contributed by atoms with Crippen molar-refractivity contribution in [2.75, 3.05) is 0 Å². The van der Waals surface area contributed by atoms with Gasteiger partial charge in [0, 0.05) is 11.8 Å². The van der Waals surface area contributed by atoms with Crippen molar-refractivity contribution in [3.8, 4) is 0 Å². The largest absolute Gasteiger partial charge is 0.296 e. The van der Waals surface area contributed by atoms with Gasteiger partial charge < -0.3 is 0 Å². The number of carbonyl (C=O) groups excluding carboxylic acids is 1. The molecule has 0 bridgehead atoms. The number of aromatic nitrogens is 1. The smallest absolute Gasteiger partial charge is 0.169 e. The normalized spacial score (nSPS) is 10.5. The number of carbonyl (C=O) groups is 1. The zero-order valence-corrected chi connectivity index (χ0v) is 8.71. The molecule has 2 aromatic rings. The molecular weight excluding hydrogens is 198 g/mol. The summed E-state index contributed by atoms with van der Waals surface area (Å²) in [7, 11) is 0. The minimum absolute atomic E-state index is 0.467. The Hall–Kier alpha value is -2.22. The van der Waals surface area contributed by atoms with E-state index in [1.54, 1.807) is 6.20 Å². The molecule has 0 unspecified atom stereocenters. The first-order chi connectivity index (χ1) is 7.90. The maximum absolute atomic E-state index is 10.7. The summed E-state index contributed by atoms with van der Waals surface area (Å²) in [6.07, 6.45) is 6.24. The Morgan fingerprint density at radius 1 is 0.938 bits per heavy atom. The lowest BCUT2D eigenvalue weighted by atomic mass is 10.1. The summed E-state index contributed by atoms with van der Waals surface area (Å²) in [4.78, 5) is 14.7. The van der Waals surface area contributed by atoms with Gasteiger partial charge in [0.15, 0.2) is 6.29 Å². The molecule has 0 saturated carbocycles. The Bertz CT molecular complexity index is 503. The summed E-state index contributed by atoms with van der Waals surface area (Å²) in [5.74, 6) is 0. The lowest BCUT2D eigenvalue weighted by molar-refractivity contribution is 0.111. The highest BCUT2D eigenvalue weighted by molar-refractivity contribution is 5.82. The van der Waals surface area contributed by atoms with Crippen molar-refractivity contribution >= 4 is 18.4 Å². The summed E-state index contributed by atoms with van der Waals surface area (Å²) in [5.41, 5.74) is 2.40. The van der Waals surface area contributed by atoms with E-state index >= 15 is 0 Å². The Balaban J connectivity index is 2.27. The van der Waals surface area contributed by atoms with E-state index in [2.05, 4.69) is 4.98 Å². The molecular formula is C14H11NO. The second-order valence-corrected chi connectivity index (χ2v) is 3.34. The molecule has 0 radical (unpaired) electrons. The third kappa shape index (κ3) is 2.42. The van der Waals surface area contributed by atoms with Crippen LogP contribution < -0.4 is 0 Å². The van der Waals surface area contributed by atoms with Gasteiger partial charge in [-0.2, -0.15) is 0 Å². The number of hydrogen-bond donors (Lipinski definition) is 0. The van der Waals surface area contributed by atoms with Crippen LogP contribution in [0.15, 0.2) is 48.7 Å². The second-order valence-electron chi connectivity index (χ2n) is 3.34. The minimum atomic E-state index is 0.467. The van der Waals surface area contributed by atoms with Crippen LogP contribution in [0.4, 0.5) is 0 Å². The van der Waals surface area contributed by atoms with Gasteiger partial charge in [0.05, 0.1) is 0 Å². The molecule has 0 aliphatic rings. The van der Waals surface area contributed by atoms with Crippen LogP contribution in [0.25, 0.3) is 12.2 Å². The van der Waals surface area contributed by atoms with Crippen LogP contribution in [-0.2, 0) is 0 Å². The first-order valence-electron chi connectivity index (χ1n) is 5.03. The van der Waals surface area contributed by atoms with Crippen molar-refractivity contribution in [2.24, 2.45) is 0 Å². The molecule has 1 aromatic heterocycles. The van der Waals surface area contributed by atoms with Gasteiger partial charge in [-0.3, -0.25) is 9.78 Å². The Morgan fingerprint density at radius 2 is 1.75 bits per heavy atom. The van der Waals surface area contributed by atoms with Crippen LogP contribution >= 0.6 is 0 Å². The number of aldehydes is 1. The fraction of sp³-hybridized carbons (Fsp3) is 0. The molecule has 78 valence electrons. The van der Waals surface area contributed by atoms with Gasteiger partial charge in [-0.1, -0.05) is 48.6 Å². The monoisotopic (exact) mass is 209 g/mol. The lowest BCUT2D eigenvalue weighted by Crippen LogP contribution is -1.89. The summed E-state index contributed by atoms with van der Waals surface area (Å²) in [5, 5.41) is 0. The average Bonchev–Trinajstić information content (AvgIpc) is 2.38. The molecule has 1 aromatic carbocycles. The topological polar surface area (TPSA) is 30.0 Å². The van der Waals surface area contributed by atoms with Gasteiger partial charge in [0.1, 0.15) is 5.69 Å². The third-order valence-corrected chi connectivity index (χ3v) is 2.24. The van der Waals surface area contributed by atoms with Crippen LogP contribution in [0.1, 0.15) is 21.6 Å². The number of nitrogens with zero attached hydrogens (tertiary/aromatic N) is 1. The molecule has 0 saturated heterocycles. The van der Waals surface area contributed by atoms with Crippen LogP contribution in [0.5, 0.6) is 0 Å². The van der Waals surface area contributed by atoms with Crippen LogP contribution in [0, 0.1) is 0 Å². The summed E-state index contributed by atoms with van der Waals surface area (Å²) >= 11 is 0. The maximum Gasteiger partial charge on any atom is 0.169 e. The number of pyridine rings is 1. The van der Waals surface area contributed by atoms with Gasteiger partial charge >= 0.3 is 0 Å². The molecule has 0 aliphatic carbocycles. The van der Waals surface area contributed by atoms with Gasteiger partial charge in [-0.25, -0.2) is 0 Å². The van der Waals surface area contributed by atoms with E-state index in [4.69, 9.17) is 0 Å². The Morgan fingerprint density at radius 3 is 2.50 bits per heavy atom. The van der Waals surface area contributed by atoms with Crippen molar-refractivity contribution in [1.29, 1.82) is 0 Å². The van der Waals surface area contributed by atoms with Crippen molar-refractivity contribution in [3.63, 3.8) is 0 Å². The van der Waals surface area contributed by atoms with Crippen LogP contribution in [0.2, 0.25) is 0 Å². The SMILES string of the molecule is O=Cc1ncccc1C=Cc1ccccc1. The average molecular weight is 209 g/mol. The molecule has 2 rings (SSSR count). The van der Waals surface area contributed by atoms with Gasteiger partial charge in [0.2, 0.25) is 0 Å². The zero-order chi connectivity index (χ0) is 11.2. The molecule has 16 heavy (non-hydrogen) atoms. The highest BCUT2D eigenvalue weighted by Crippen LogP contribution is 2.09. The number of hydrogen-bond acceptors (Lipinski definition) is 2. The minimum Gasteiger partial charge on any atom is -0.296 e. The van der Waals surface area contributed by atoms with E-state index in [0.29, 0.717) is 5.69 Å². The first kappa shape index (κ1) is 10.3. The van der Waals surface area contributed by atoms with Gasteiger partial charge in [-0.05, 0) is 11.6 Å². The highest BCUT2D eigenvalue weighted by atomic mass is 16.1. The second kappa shape index (κ2) is 5.03. The lowest BCUT2D eigenvalue weighted by Gasteiger charge is -1.96. The van der Waals surface area contributed by atoms with E-state index in [9.17, 15) is 4.79 Å². The van der Waals surface area contributed by atoms with Crippen molar-refractivity contribution in [2.45, 2.75) is 0 Å². The molecule has 2 heteroatoms. The first-order valence-corrected chi connectivity index (χ1v) is 5.03. The summed E-state index contributed by atoms with van der Waals surface area (Å²) in [6.45, 7) is 0. The van der Waals surface area contributed by atoms with Gasteiger partial charge in [0.25, 0.3) is 0 Å². The fourth-order valence-corrected chi connectivity index (χ4v) is 1.42. The number of benzene rings is 1. The standard InChI is InChI=1S/C14H11NO/c16-11-14-13(7-4-10-15-14)9-8-12-5-2-1-3-6-12/h1-11H. The molecule has 1 heterocycles. The molecule has 0 atom stereocenters. The quantitative estimate of drug-likeness (QED) is 0.727. The molecule has 0 amide bonds. The van der Waals surface area contributed by atoms with Crippen molar-refractivity contribution < 1.29 is 4.79 Å². The van der Waals surface area contributed by atoms with Crippen LogP contribution in [0.3, 0.4) is 0 Å². The fourth-order valence-electron chi connectivity index (χ4n) is 1.42. The van der Waals surface area contributed by atoms with Gasteiger partial charge in [-0.15, -0.1) is 0 Å². The van der Waals surface area contributed by atoms with E-state index in [1.807, 2.05) is 54.6 Å². The van der Waals surface area contributed by atoms with Crippen molar-refractivity contribution in [1.82, 2.24) is 4.98 Å². The summed E-state index contributed by atoms with van der Waals surface area (Å²) in [6, 6.07) is 13.6. The molecule has 0 spiro atoms. The van der Waals surface area contributed by atoms with E-state index in [0.717, 1.165) is 17.4 Å². The Labute approximate surface area is 94.3 Å². The summed E-state index contributed by atoms with van der Waals surface area (Å²) < 4.78 is 0. The molecule has 2 nitrogen and oxygen atoms in total. The predicted molar refractivity (Wildman–Crippen MR) is 65.0 cm³/mol. The van der Waals surface area contributed by atoms with E-state index < -0.39 is 0 Å². The van der Waals surface area contributed by atoms with Crippen LogP contribution in [-0.4, -0.2) is 11.3 Å². The van der Waals surface area contributed by atoms with E-state index in [-0.39, 0.29) is 0 Å². The third-order valence-electron chi connectivity index (χ3n) is 2.24. The zero-order valence-electron chi connectivity index (χ0n) is 8.71. The maximum atomic E-state index is 10.7. The predicted octanol–water partition coefficient (Wildman–Crippen LogP) is 3.06. The highest BCUT2D eigenvalue weighted by Gasteiger charge is 1.96. The molecule has 0 N–H and O–H groups in total. The van der Waals surface area contributed by atoms with Crippen molar-refractivity contribution in [3.05, 3.63) is 65.5 Å².